The molecule has 4 rings (SSSR count). The minimum Gasteiger partial charge on any atom is -0.403 e. The third kappa shape index (κ3) is 5.19. The number of aromatic amines is 1. The van der Waals surface area contributed by atoms with Crippen LogP contribution in [0.2, 0.25) is 0 Å². The molecule has 2 saturated carbocycles. The third-order valence-electron chi connectivity index (χ3n) is 6.45. The summed E-state index contributed by atoms with van der Waals surface area (Å²) in [6.45, 7) is 0.941. The molecular weight excluding hydrogens is 408 g/mol. The van der Waals surface area contributed by atoms with Gasteiger partial charge >= 0.3 is 11.6 Å². The molecule has 0 atom stereocenters. The maximum absolute atomic E-state index is 13.4. The Morgan fingerprint density at radius 1 is 1.19 bits per heavy atom. The van der Waals surface area contributed by atoms with Crippen LogP contribution in [0.5, 0.6) is 6.01 Å². The number of H-pyrrole nitrogens is 1. The maximum atomic E-state index is 13.4. The van der Waals surface area contributed by atoms with E-state index in [2.05, 4.69) is 15.1 Å². The van der Waals surface area contributed by atoms with E-state index in [9.17, 15) is 18.4 Å². The molecular formula is C22H27F2N3O4. The molecule has 0 saturated heterocycles. The highest BCUT2D eigenvalue weighted by Crippen LogP contribution is 2.35. The number of fused-ring (bicyclic) bond motifs is 1. The van der Waals surface area contributed by atoms with E-state index in [1.807, 2.05) is 0 Å². The van der Waals surface area contributed by atoms with Gasteiger partial charge in [0.15, 0.2) is 0 Å². The van der Waals surface area contributed by atoms with Crippen molar-refractivity contribution < 1.29 is 18.0 Å². The maximum Gasteiger partial charge on any atom is 0.337 e. The van der Waals surface area contributed by atoms with Crippen LogP contribution in [0.1, 0.15) is 70.3 Å². The molecule has 2 aliphatic rings. The van der Waals surface area contributed by atoms with E-state index in [4.69, 9.17) is 9.25 Å². The van der Waals surface area contributed by atoms with E-state index in [-0.39, 0.29) is 17.1 Å². The predicted molar refractivity (Wildman–Crippen MR) is 112 cm³/mol. The van der Waals surface area contributed by atoms with Gasteiger partial charge < -0.3 is 9.25 Å². The molecule has 9 heteroatoms. The summed E-state index contributed by atoms with van der Waals surface area (Å²) in [6.07, 6.45) is 7.78. The highest BCUT2D eigenvalue weighted by molar-refractivity contribution is 5.84. The summed E-state index contributed by atoms with van der Waals surface area (Å²) in [4.78, 5) is 36.7. The van der Waals surface area contributed by atoms with E-state index in [1.54, 1.807) is 0 Å². The SMILES string of the molecule is CC(F)(F)C1CCC(=NOc2nc3oc(=O)cc(CC4CCCCC4)c3c(=O)[nH]2)CC1. The lowest BCUT2D eigenvalue weighted by Gasteiger charge is -2.27. The zero-order valence-electron chi connectivity index (χ0n) is 17.6. The summed E-state index contributed by atoms with van der Waals surface area (Å²) in [5.41, 5.74) is 0.183. The minimum absolute atomic E-state index is 0.0772. The quantitative estimate of drug-likeness (QED) is 0.694. The van der Waals surface area contributed by atoms with Crippen molar-refractivity contribution in [1.29, 1.82) is 0 Å². The molecule has 2 heterocycles. The summed E-state index contributed by atoms with van der Waals surface area (Å²) in [6, 6.07) is 1.18. The molecule has 0 unspecified atom stereocenters. The van der Waals surface area contributed by atoms with Crippen LogP contribution in [0, 0.1) is 11.8 Å². The predicted octanol–water partition coefficient (Wildman–Crippen LogP) is 4.58. The van der Waals surface area contributed by atoms with Crippen molar-refractivity contribution in [2.24, 2.45) is 17.0 Å². The lowest BCUT2D eigenvalue weighted by Crippen LogP contribution is -2.29. The van der Waals surface area contributed by atoms with Crippen molar-refractivity contribution >= 4 is 16.8 Å². The standard InChI is InChI=1S/C22H27F2N3O4/c1-22(23,24)15-7-9-16(10-8-15)27-31-21-25-19(29)18-14(11-13-5-3-2-4-6-13)12-17(28)30-20(18)26-21/h12-13,15H,2-11H2,1H3,(H,25,26,29). The minimum atomic E-state index is -2.70. The largest absolute Gasteiger partial charge is 0.403 e. The Labute approximate surface area is 177 Å². The fourth-order valence-corrected chi connectivity index (χ4v) is 4.69. The molecule has 1 N–H and O–H groups in total. The first-order chi connectivity index (χ1) is 14.8. The molecule has 31 heavy (non-hydrogen) atoms. The molecule has 7 nitrogen and oxygen atoms in total. The molecule has 0 aliphatic heterocycles. The fourth-order valence-electron chi connectivity index (χ4n) is 4.69. The van der Waals surface area contributed by atoms with Crippen LogP contribution >= 0.6 is 0 Å². The Morgan fingerprint density at radius 2 is 1.90 bits per heavy atom. The molecule has 2 aliphatic carbocycles. The number of hydrogen-bond donors (Lipinski definition) is 1. The number of nitrogens with one attached hydrogen (secondary N) is 1. The average Bonchev–Trinajstić information content (AvgIpc) is 2.72. The fraction of sp³-hybridized carbons (Fsp3) is 0.636. The second-order valence-electron chi connectivity index (χ2n) is 8.83. The first-order valence-corrected chi connectivity index (χ1v) is 11.0. The summed E-state index contributed by atoms with van der Waals surface area (Å²) >= 11 is 0. The van der Waals surface area contributed by atoms with Crippen molar-refractivity contribution in [2.45, 2.75) is 77.1 Å². The van der Waals surface area contributed by atoms with E-state index in [1.165, 1.54) is 12.5 Å². The molecule has 0 radical (unpaired) electrons. The van der Waals surface area contributed by atoms with Gasteiger partial charge in [-0.2, -0.15) is 4.98 Å². The van der Waals surface area contributed by atoms with Crippen LogP contribution in [0.25, 0.3) is 11.1 Å². The van der Waals surface area contributed by atoms with Gasteiger partial charge in [-0.3, -0.25) is 9.78 Å². The summed E-state index contributed by atoms with van der Waals surface area (Å²) in [5, 5.41) is 4.24. The zero-order valence-corrected chi connectivity index (χ0v) is 17.6. The average molecular weight is 435 g/mol. The molecule has 0 aromatic carbocycles. The Bertz CT molecular complexity index is 1070. The van der Waals surface area contributed by atoms with Gasteiger partial charge in [-0.15, -0.1) is 0 Å². The van der Waals surface area contributed by atoms with Gasteiger partial charge in [0, 0.05) is 12.0 Å². The van der Waals surface area contributed by atoms with Crippen molar-refractivity contribution in [1.82, 2.24) is 9.97 Å². The van der Waals surface area contributed by atoms with E-state index >= 15 is 0 Å². The Kier molecular flexibility index (Phi) is 6.20. The number of aromatic nitrogens is 2. The number of rotatable bonds is 5. The highest BCUT2D eigenvalue weighted by atomic mass is 19.3. The van der Waals surface area contributed by atoms with Gasteiger partial charge in [0.05, 0.1) is 5.71 Å². The molecule has 168 valence electrons. The number of halogens is 2. The van der Waals surface area contributed by atoms with Crippen LogP contribution in [0.3, 0.4) is 0 Å². The summed E-state index contributed by atoms with van der Waals surface area (Å²) < 4.78 is 32.0. The molecule has 2 aromatic heterocycles. The molecule has 0 bridgehead atoms. The summed E-state index contributed by atoms with van der Waals surface area (Å²) in [7, 11) is 0. The Morgan fingerprint density at radius 3 is 2.58 bits per heavy atom. The van der Waals surface area contributed by atoms with E-state index in [0.717, 1.165) is 32.6 Å². The normalized spacial score (nSPS) is 20.7. The smallest absolute Gasteiger partial charge is 0.337 e. The van der Waals surface area contributed by atoms with Gasteiger partial charge in [-0.05, 0) is 50.5 Å². The van der Waals surface area contributed by atoms with Crippen LogP contribution in [-0.2, 0) is 6.42 Å². The first kappa shape index (κ1) is 21.6. The molecule has 2 aromatic rings. The zero-order chi connectivity index (χ0) is 22.0. The number of alkyl halides is 2. The van der Waals surface area contributed by atoms with Crippen molar-refractivity contribution in [3.05, 3.63) is 32.4 Å². The van der Waals surface area contributed by atoms with Crippen molar-refractivity contribution in [3.63, 3.8) is 0 Å². The first-order valence-electron chi connectivity index (χ1n) is 11.0. The monoisotopic (exact) mass is 435 g/mol. The van der Waals surface area contributed by atoms with Gasteiger partial charge in [-0.25, -0.2) is 13.6 Å². The number of nitrogens with zero attached hydrogens (tertiary/aromatic N) is 2. The lowest BCUT2D eigenvalue weighted by atomic mass is 9.84. The molecule has 0 spiro atoms. The van der Waals surface area contributed by atoms with Crippen LogP contribution in [0.4, 0.5) is 8.78 Å². The second-order valence-corrected chi connectivity index (χ2v) is 8.83. The topological polar surface area (TPSA) is 97.5 Å². The van der Waals surface area contributed by atoms with Gasteiger partial charge in [-0.1, -0.05) is 37.3 Å². The van der Waals surface area contributed by atoms with Crippen LogP contribution in [0.15, 0.2) is 25.2 Å². The highest BCUT2D eigenvalue weighted by Gasteiger charge is 2.36. The molecule has 0 amide bonds. The number of oxime groups is 1. The van der Waals surface area contributed by atoms with Crippen molar-refractivity contribution in [3.8, 4) is 6.01 Å². The van der Waals surface area contributed by atoms with E-state index in [0.29, 0.717) is 49.3 Å². The summed E-state index contributed by atoms with van der Waals surface area (Å²) in [5.74, 6) is -2.93. The van der Waals surface area contributed by atoms with Gasteiger partial charge in [0.1, 0.15) is 5.39 Å². The van der Waals surface area contributed by atoms with Crippen LogP contribution < -0.4 is 16.0 Å². The number of hydrogen-bond acceptors (Lipinski definition) is 6. The Balaban J connectivity index is 1.53. The van der Waals surface area contributed by atoms with E-state index < -0.39 is 23.0 Å². The third-order valence-corrected chi connectivity index (χ3v) is 6.45. The van der Waals surface area contributed by atoms with Gasteiger partial charge in [0.25, 0.3) is 5.56 Å². The van der Waals surface area contributed by atoms with Gasteiger partial charge in [0.2, 0.25) is 11.6 Å². The van der Waals surface area contributed by atoms with Crippen LogP contribution in [-0.4, -0.2) is 21.6 Å². The van der Waals surface area contributed by atoms with Crippen molar-refractivity contribution in [2.75, 3.05) is 0 Å². The second kappa shape index (κ2) is 8.88. The molecule has 2 fully saturated rings. The Hall–Kier alpha value is -2.58. The lowest BCUT2D eigenvalue weighted by molar-refractivity contribution is -0.0468.